The van der Waals surface area contributed by atoms with Gasteiger partial charge in [0, 0.05) is 32.4 Å². The van der Waals surface area contributed by atoms with Crippen molar-refractivity contribution >= 4 is 12.2 Å². The van der Waals surface area contributed by atoms with Crippen molar-refractivity contribution in [2.24, 2.45) is 15.7 Å². The third-order valence-electron chi connectivity index (χ3n) is 2.57. The van der Waals surface area contributed by atoms with Gasteiger partial charge in [0.05, 0.1) is 0 Å². The quantitative estimate of drug-likeness (QED) is 0.551. The van der Waals surface area contributed by atoms with Crippen LogP contribution in [0.5, 0.6) is 0 Å². The van der Waals surface area contributed by atoms with E-state index in [1.165, 1.54) is 0 Å². The lowest BCUT2D eigenvalue weighted by Gasteiger charge is -2.31. The van der Waals surface area contributed by atoms with Crippen LogP contribution >= 0.6 is 0 Å². The highest BCUT2D eigenvalue weighted by molar-refractivity contribution is 5.87. The van der Waals surface area contributed by atoms with Crippen LogP contribution in [0.1, 0.15) is 32.6 Å². The zero-order valence-corrected chi connectivity index (χ0v) is 9.82. The van der Waals surface area contributed by atoms with E-state index in [-0.39, 0.29) is 6.04 Å². The van der Waals surface area contributed by atoms with Crippen molar-refractivity contribution < 1.29 is 0 Å². The van der Waals surface area contributed by atoms with Crippen molar-refractivity contribution in [1.82, 2.24) is 4.90 Å². The second-order valence-electron chi connectivity index (χ2n) is 3.97. The number of unbranched alkanes of at least 4 members (excludes halogenated alkanes) is 1. The number of hydrogen-bond acceptors (Lipinski definition) is 2. The minimum absolute atomic E-state index is 0.275. The fraction of sp³-hybridized carbons (Fsp3) is 0.818. The molecule has 1 rings (SSSR count). The molecule has 1 unspecified atom stereocenters. The molecule has 2 N–H and O–H groups in total. The van der Waals surface area contributed by atoms with Gasteiger partial charge in [-0.25, -0.2) is 4.99 Å². The Kier molecular flexibility index (Phi) is 5.32. The van der Waals surface area contributed by atoms with Gasteiger partial charge in [0.25, 0.3) is 0 Å². The molecule has 0 saturated carbocycles. The number of piperidine rings is 1. The third kappa shape index (κ3) is 4.00. The first-order valence-corrected chi connectivity index (χ1v) is 5.77. The van der Waals surface area contributed by atoms with E-state index in [4.69, 9.17) is 5.73 Å². The van der Waals surface area contributed by atoms with Gasteiger partial charge in [-0.05, 0) is 19.3 Å². The summed E-state index contributed by atoms with van der Waals surface area (Å²) in [6.07, 6.45) is 6.34. The standard InChI is InChI=1S/C11H22N4/c1-3-4-7-14-11(13-2)15-8-5-6-10(12)9-15/h7,10H,3-6,8-9,12H2,1-2H3/b13-11+,14-7-. The Morgan fingerprint density at radius 1 is 1.60 bits per heavy atom. The summed E-state index contributed by atoms with van der Waals surface area (Å²) < 4.78 is 0. The van der Waals surface area contributed by atoms with Gasteiger partial charge in [-0.15, -0.1) is 0 Å². The Labute approximate surface area is 92.3 Å². The van der Waals surface area contributed by atoms with Gasteiger partial charge in [0.2, 0.25) is 5.96 Å². The van der Waals surface area contributed by atoms with Gasteiger partial charge in [-0.3, -0.25) is 4.99 Å². The number of rotatable bonds is 2. The Morgan fingerprint density at radius 3 is 3.00 bits per heavy atom. The lowest BCUT2D eigenvalue weighted by Crippen LogP contribution is -2.45. The van der Waals surface area contributed by atoms with Gasteiger partial charge in [-0.1, -0.05) is 13.3 Å². The highest BCUT2D eigenvalue weighted by atomic mass is 15.3. The van der Waals surface area contributed by atoms with Crippen molar-refractivity contribution in [1.29, 1.82) is 0 Å². The monoisotopic (exact) mass is 210 g/mol. The highest BCUT2D eigenvalue weighted by Crippen LogP contribution is 2.09. The molecule has 0 amide bonds. The molecule has 0 aromatic carbocycles. The Hall–Kier alpha value is -0.900. The minimum Gasteiger partial charge on any atom is -0.340 e. The van der Waals surface area contributed by atoms with E-state index in [0.717, 1.165) is 44.7 Å². The number of hydrogen-bond donors (Lipinski definition) is 1. The maximum Gasteiger partial charge on any atom is 0.220 e. The van der Waals surface area contributed by atoms with Gasteiger partial charge < -0.3 is 10.6 Å². The first kappa shape index (κ1) is 12.2. The largest absolute Gasteiger partial charge is 0.340 e. The summed E-state index contributed by atoms with van der Waals surface area (Å²) in [5.74, 6) is 0.832. The molecular formula is C11H22N4. The van der Waals surface area contributed by atoms with Gasteiger partial charge in [0.1, 0.15) is 0 Å². The van der Waals surface area contributed by atoms with Crippen LogP contribution < -0.4 is 5.73 Å². The molecule has 0 bridgehead atoms. The summed E-state index contributed by atoms with van der Waals surface area (Å²) in [5, 5.41) is 0. The zero-order chi connectivity index (χ0) is 11.1. The molecule has 4 nitrogen and oxygen atoms in total. The number of likely N-dealkylation sites (tertiary alicyclic amines) is 1. The first-order chi connectivity index (χ1) is 7.27. The van der Waals surface area contributed by atoms with Gasteiger partial charge >= 0.3 is 0 Å². The maximum atomic E-state index is 5.92. The zero-order valence-electron chi connectivity index (χ0n) is 9.82. The summed E-state index contributed by atoms with van der Waals surface area (Å²) in [6.45, 7) is 4.06. The number of nitrogens with two attached hydrogens (primary N) is 1. The van der Waals surface area contributed by atoms with E-state index in [1.54, 1.807) is 7.05 Å². The van der Waals surface area contributed by atoms with E-state index in [1.807, 2.05) is 6.21 Å². The van der Waals surface area contributed by atoms with Crippen LogP contribution in [-0.4, -0.2) is 43.3 Å². The lowest BCUT2D eigenvalue weighted by molar-refractivity contribution is 0.307. The average molecular weight is 210 g/mol. The van der Waals surface area contributed by atoms with Crippen LogP contribution in [0, 0.1) is 0 Å². The fourth-order valence-electron chi connectivity index (χ4n) is 1.75. The molecule has 0 aromatic heterocycles. The summed E-state index contributed by atoms with van der Waals surface area (Å²) in [6, 6.07) is 0.275. The van der Waals surface area contributed by atoms with Crippen LogP contribution in [0.4, 0.5) is 0 Å². The molecule has 86 valence electrons. The molecule has 0 radical (unpaired) electrons. The van der Waals surface area contributed by atoms with Crippen molar-refractivity contribution in [3.63, 3.8) is 0 Å². The van der Waals surface area contributed by atoms with E-state index >= 15 is 0 Å². The summed E-state index contributed by atoms with van der Waals surface area (Å²) in [7, 11) is 1.79. The van der Waals surface area contributed by atoms with Crippen LogP contribution in [0.2, 0.25) is 0 Å². The summed E-state index contributed by atoms with van der Waals surface area (Å²) >= 11 is 0. The maximum absolute atomic E-state index is 5.92. The molecule has 1 atom stereocenters. The van der Waals surface area contributed by atoms with Gasteiger partial charge in [-0.2, -0.15) is 0 Å². The molecule has 1 heterocycles. The van der Waals surface area contributed by atoms with Crippen LogP contribution in [0.25, 0.3) is 0 Å². The number of nitrogens with zero attached hydrogens (tertiary/aromatic N) is 3. The Bertz CT molecular complexity index is 235. The number of guanidine groups is 1. The average Bonchev–Trinajstić information content (AvgIpc) is 2.24. The predicted octanol–water partition coefficient (Wildman–Crippen LogP) is 1.27. The molecule has 1 aliphatic heterocycles. The topological polar surface area (TPSA) is 54.0 Å². The second-order valence-corrected chi connectivity index (χ2v) is 3.97. The van der Waals surface area contributed by atoms with Crippen LogP contribution in [-0.2, 0) is 0 Å². The molecule has 1 saturated heterocycles. The molecule has 15 heavy (non-hydrogen) atoms. The van der Waals surface area contributed by atoms with E-state index in [0.29, 0.717) is 0 Å². The van der Waals surface area contributed by atoms with Crippen molar-refractivity contribution in [3.8, 4) is 0 Å². The molecule has 1 fully saturated rings. The molecule has 0 aliphatic carbocycles. The Balaban J connectivity index is 2.50. The molecular weight excluding hydrogens is 188 g/mol. The predicted molar refractivity (Wildman–Crippen MR) is 65.5 cm³/mol. The molecule has 1 aliphatic rings. The second kappa shape index (κ2) is 6.56. The molecule has 0 aromatic rings. The van der Waals surface area contributed by atoms with E-state index < -0.39 is 0 Å². The van der Waals surface area contributed by atoms with Crippen molar-refractivity contribution in [2.75, 3.05) is 20.1 Å². The SMILES string of the molecule is CCC/C=N\C(=N/C)N1CCCC(N)C1. The van der Waals surface area contributed by atoms with E-state index in [9.17, 15) is 0 Å². The molecule has 4 heteroatoms. The Morgan fingerprint density at radius 2 is 2.40 bits per heavy atom. The third-order valence-corrected chi connectivity index (χ3v) is 2.57. The summed E-state index contributed by atoms with van der Waals surface area (Å²) in [5.41, 5.74) is 5.92. The fourth-order valence-corrected chi connectivity index (χ4v) is 1.75. The normalized spacial score (nSPS) is 23.8. The van der Waals surface area contributed by atoms with Crippen molar-refractivity contribution in [2.45, 2.75) is 38.6 Å². The first-order valence-electron chi connectivity index (χ1n) is 5.77. The van der Waals surface area contributed by atoms with E-state index in [2.05, 4.69) is 21.8 Å². The lowest BCUT2D eigenvalue weighted by atomic mass is 10.1. The minimum atomic E-state index is 0.275. The highest BCUT2D eigenvalue weighted by Gasteiger charge is 2.18. The summed E-state index contributed by atoms with van der Waals surface area (Å²) in [4.78, 5) is 10.8. The van der Waals surface area contributed by atoms with Crippen LogP contribution in [0.15, 0.2) is 9.98 Å². The van der Waals surface area contributed by atoms with Crippen molar-refractivity contribution in [3.05, 3.63) is 0 Å². The van der Waals surface area contributed by atoms with Gasteiger partial charge in [0.15, 0.2) is 0 Å². The van der Waals surface area contributed by atoms with Crippen LogP contribution in [0.3, 0.4) is 0 Å². The molecule has 0 spiro atoms. The number of aliphatic imine (C=N–C) groups is 2. The smallest absolute Gasteiger partial charge is 0.220 e.